The lowest BCUT2D eigenvalue weighted by Gasteiger charge is -2.02. The van der Waals surface area contributed by atoms with Crippen molar-refractivity contribution in [3.8, 4) is 11.3 Å². The predicted molar refractivity (Wildman–Crippen MR) is 53.5 cm³/mol. The standard InChI is InChI=1S/C10H13N3O/c1-2-8(11)10-12-5-9(13-10)7-3-4-14-6-7/h3-6,8H,2,11H2,1H3,(H,12,13). The molecule has 0 spiro atoms. The van der Waals surface area contributed by atoms with E-state index < -0.39 is 0 Å². The molecule has 0 fully saturated rings. The van der Waals surface area contributed by atoms with Crippen LogP contribution < -0.4 is 5.73 Å². The normalized spacial score (nSPS) is 13.0. The zero-order valence-electron chi connectivity index (χ0n) is 8.03. The number of nitrogens with zero attached hydrogens (tertiary/aromatic N) is 1. The van der Waals surface area contributed by atoms with Crippen molar-refractivity contribution in [1.29, 1.82) is 0 Å². The lowest BCUT2D eigenvalue weighted by Crippen LogP contribution is -2.10. The molecule has 74 valence electrons. The highest BCUT2D eigenvalue weighted by molar-refractivity contribution is 5.56. The Morgan fingerprint density at radius 3 is 3.14 bits per heavy atom. The Hall–Kier alpha value is -1.55. The van der Waals surface area contributed by atoms with Crippen LogP contribution in [0.25, 0.3) is 11.3 Å². The number of aromatic nitrogens is 2. The van der Waals surface area contributed by atoms with Crippen molar-refractivity contribution in [3.05, 3.63) is 30.6 Å². The summed E-state index contributed by atoms with van der Waals surface area (Å²) < 4.78 is 4.99. The van der Waals surface area contributed by atoms with Gasteiger partial charge in [-0.25, -0.2) is 4.98 Å². The number of H-pyrrole nitrogens is 1. The fourth-order valence-electron chi connectivity index (χ4n) is 1.28. The zero-order valence-corrected chi connectivity index (χ0v) is 8.03. The van der Waals surface area contributed by atoms with Crippen molar-refractivity contribution in [2.24, 2.45) is 5.73 Å². The molecule has 1 atom stereocenters. The average Bonchev–Trinajstić information content (AvgIpc) is 2.86. The van der Waals surface area contributed by atoms with Gasteiger partial charge in [-0.05, 0) is 12.5 Å². The third kappa shape index (κ3) is 1.56. The SMILES string of the molecule is CCC(N)c1ncc(-c2ccoc2)[nH]1. The summed E-state index contributed by atoms with van der Waals surface area (Å²) in [6.07, 6.45) is 5.96. The van der Waals surface area contributed by atoms with Gasteiger partial charge in [-0.2, -0.15) is 0 Å². The van der Waals surface area contributed by atoms with Crippen LogP contribution in [-0.4, -0.2) is 9.97 Å². The number of nitrogens with two attached hydrogens (primary N) is 1. The molecule has 0 saturated carbocycles. The third-order valence-electron chi connectivity index (χ3n) is 2.22. The van der Waals surface area contributed by atoms with E-state index in [9.17, 15) is 0 Å². The summed E-state index contributed by atoms with van der Waals surface area (Å²) in [6, 6.07) is 1.87. The fraction of sp³-hybridized carbons (Fsp3) is 0.300. The van der Waals surface area contributed by atoms with Gasteiger partial charge in [0.15, 0.2) is 0 Å². The van der Waals surface area contributed by atoms with Crippen molar-refractivity contribution in [2.75, 3.05) is 0 Å². The highest BCUT2D eigenvalue weighted by atomic mass is 16.3. The van der Waals surface area contributed by atoms with Crippen LogP contribution in [0.5, 0.6) is 0 Å². The molecule has 2 heterocycles. The first-order valence-electron chi connectivity index (χ1n) is 4.64. The molecule has 4 nitrogen and oxygen atoms in total. The van der Waals surface area contributed by atoms with Crippen LogP contribution in [0.1, 0.15) is 25.2 Å². The van der Waals surface area contributed by atoms with Gasteiger partial charge in [-0.15, -0.1) is 0 Å². The molecule has 14 heavy (non-hydrogen) atoms. The predicted octanol–water partition coefficient (Wildman–Crippen LogP) is 2.08. The van der Waals surface area contributed by atoms with Gasteiger partial charge < -0.3 is 15.1 Å². The van der Waals surface area contributed by atoms with Crippen molar-refractivity contribution in [2.45, 2.75) is 19.4 Å². The first-order chi connectivity index (χ1) is 6.81. The van der Waals surface area contributed by atoms with E-state index >= 15 is 0 Å². The van der Waals surface area contributed by atoms with E-state index in [1.807, 2.05) is 13.0 Å². The first kappa shape index (κ1) is 9.02. The molecule has 1 unspecified atom stereocenters. The Morgan fingerprint density at radius 2 is 2.50 bits per heavy atom. The van der Waals surface area contributed by atoms with Gasteiger partial charge in [-0.3, -0.25) is 0 Å². The molecule has 0 saturated heterocycles. The minimum Gasteiger partial charge on any atom is -0.472 e. The van der Waals surface area contributed by atoms with E-state index in [-0.39, 0.29) is 6.04 Å². The van der Waals surface area contributed by atoms with Crippen LogP contribution in [-0.2, 0) is 0 Å². The van der Waals surface area contributed by atoms with E-state index in [0.717, 1.165) is 23.5 Å². The molecule has 0 aromatic carbocycles. The maximum Gasteiger partial charge on any atom is 0.123 e. The lowest BCUT2D eigenvalue weighted by molar-refractivity contribution is 0.568. The van der Waals surface area contributed by atoms with Crippen LogP contribution >= 0.6 is 0 Å². The molecule has 0 amide bonds. The quantitative estimate of drug-likeness (QED) is 0.780. The van der Waals surface area contributed by atoms with Crippen molar-refractivity contribution >= 4 is 0 Å². The van der Waals surface area contributed by atoms with Crippen LogP contribution in [0, 0.1) is 0 Å². The summed E-state index contributed by atoms with van der Waals surface area (Å²) in [6.45, 7) is 2.03. The molecule has 0 aliphatic carbocycles. The van der Waals surface area contributed by atoms with Crippen molar-refractivity contribution in [1.82, 2.24) is 9.97 Å². The second-order valence-corrected chi connectivity index (χ2v) is 3.21. The number of aromatic amines is 1. The molecule has 0 radical (unpaired) electrons. The zero-order chi connectivity index (χ0) is 9.97. The minimum absolute atomic E-state index is 0.0179. The second kappa shape index (κ2) is 3.67. The maximum absolute atomic E-state index is 5.84. The molecular formula is C10H13N3O. The van der Waals surface area contributed by atoms with Crippen molar-refractivity contribution in [3.63, 3.8) is 0 Å². The van der Waals surface area contributed by atoms with Crippen LogP contribution in [0.2, 0.25) is 0 Å². The van der Waals surface area contributed by atoms with Gasteiger partial charge in [0.1, 0.15) is 5.82 Å². The average molecular weight is 191 g/mol. The number of hydrogen-bond acceptors (Lipinski definition) is 3. The lowest BCUT2D eigenvalue weighted by atomic mass is 10.2. The summed E-state index contributed by atoms with van der Waals surface area (Å²) in [5.41, 5.74) is 7.78. The third-order valence-corrected chi connectivity index (χ3v) is 2.22. The summed E-state index contributed by atoms with van der Waals surface area (Å²) in [4.78, 5) is 7.39. The van der Waals surface area contributed by atoms with Crippen LogP contribution in [0.3, 0.4) is 0 Å². The summed E-state index contributed by atoms with van der Waals surface area (Å²) in [5, 5.41) is 0. The molecular weight excluding hydrogens is 178 g/mol. The molecule has 3 N–H and O–H groups in total. The second-order valence-electron chi connectivity index (χ2n) is 3.21. The fourth-order valence-corrected chi connectivity index (χ4v) is 1.28. The van der Waals surface area contributed by atoms with Gasteiger partial charge in [-0.1, -0.05) is 6.92 Å². The van der Waals surface area contributed by atoms with E-state index in [1.165, 1.54) is 0 Å². The Balaban J connectivity index is 2.26. The maximum atomic E-state index is 5.84. The van der Waals surface area contributed by atoms with Gasteiger partial charge in [0.25, 0.3) is 0 Å². The topological polar surface area (TPSA) is 67.8 Å². The Morgan fingerprint density at radius 1 is 1.64 bits per heavy atom. The molecule has 2 aromatic rings. The van der Waals surface area contributed by atoms with Crippen molar-refractivity contribution < 1.29 is 4.42 Å². The van der Waals surface area contributed by atoms with E-state index in [4.69, 9.17) is 10.2 Å². The number of rotatable bonds is 3. The first-order valence-corrected chi connectivity index (χ1v) is 4.64. The highest BCUT2D eigenvalue weighted by Gasteiger charge is 2.09. The van der Waals surface area contributed by atoms with Gasteiger partial charge >= 0.3 is 0 Å². The van der Waals surface area contributed by atoms with E-state index in [2.05, 4.69) is 9.97 Å². The Kier molecular flexibility index (Phi) is 2.37. The van der Waals surface area contributed by atoms with E-state index in [1.54, 1.807) is 18.7 Å². The van der Waals surface area contributed by atoms with Gasteiger partial charge in [0.2, 0.25) is 0 Å². The van der Waals surface area contributed by atoms with Crippen LogP contribution in [0.4, 0.5) is 0 Å². The Labute approximate surface area is 82.1 Å². The monoisotopic (exact) mass is 191 g/mol. The molecule has 4 heteroatoms. The summed E-state index contributed by atoms with van der Waals surface area (Å²) >= 11 is 0. The number of imidazole rings is 1. The molecule has 0 aliphatic rings. The van der Waals surface area contributed by atoms with Gasteiger partial charge in [0.05, 0.1) is 30.5 Å². The van der Waals surface area contributed by atoms with Crippen LogP contribution in [0.15, 0.2) is 29.2 Å². The molecule has 0 aliphatic heterocycles. The highest BCUT2D eigenvalue weighted by Crippen LogP contribution is 2.19. The minimum atomic E-state index is -0.0179. The molecule has 0 bridgehead atoms. The largest absolute Gasteiger partial charge is 0.472 e. The number of nitrogens with one attached hydrogen (secondary N) is 1. The number of hydrogen-bond donors (Lipinski definition) is 2. The molecule has 2 aromatic heterocycles. The smallest absolute Gasteiger partial charge is 0.123 e. The Bertz CT molecular complexity index is 391. The summed E-state index contributed by atoms with van der Waals surface area (Å²) in [5.74, 6) is 0.823. The van der Waals surface area contributed by atoms with Gasteiger partial charge in [0, 0.05) is 5.56 Å². The number of furan rings is 1. The summed E-state index contributed by atoms with van der Waals surface area (Å²) in [7, 11) is 0. The van der Waals surface area contributed by atoms with E-state index in [0.29, 0.717) is 0 Å². The molecule has 2 rings (SSSR count).